The average Bonchev–Trinajstić information content (AvgIpc) is 2.00. The van der Waals surface area contributed by atoms with E-state index in [-0.39, 0.29) is 5.75 Å². The van der Waals surface area contributed by atoms with E-state index in [1.54, 1.807) is 6.92 Å². The number of nitrogens with one attached hydrogen (secondary N) is 1. The van der Waals surface area contributed by atoms with E-state index < -0.39 is 16.1 Å². The number of rotatable bonds is 5. The van der Waals surface area contributed by atoms with Gasteiger partial charge in [0.15, 0.2) is 0 Å². The second-order valence-electron chi connectivity index (χ2n) is 2.37. The van der Waals surface area contributed by atoms with Gasteiger partial charge in [-0.2, -0.15) is 0 Å². The molecule has 0 saturated carbocycles. The third-order valence-electron chi connectivity index (χ3n) is 1.15. The molecule has 0 bridgehead atoms. The molecule has 0 aliphatic carbocycles. The van der Waals surface area contributed by atoms with Crippen molar-refractivity contribution in [1.29, 1.82) is 0 Å². The highest BCUT2D eigenvalue weighted by Gasteiger charge is 2.11. The predicted molar refractivity (Wildman–Crippen MR) is 50.6 cm³/mol. The van der Waals surface area contributed by atoms with Gasteiger partial charge in [0.05, 0.1) is 11.8 Å². The van der Waals surface area contributed by atoms with Crippen LogP contribution in [0, 0.1) is 12.3 Å². The van der Waals surface area contributed by atoms with Gasteiger partial charge in [0.25, 0.3) is 0 Å². The Balaban J connectivity index is 3.99. The van der Waals surface area contributed by atoms with E-state index in [4.69, 9.17) is 18.0 Å². The number of halogens is 1. The lowest BCUT2D eigenvalue weighted by atomic mass is 10.4. The molecule has 12 heavy (non-hydrogen) atoms. The monoisotopic (exact) mass is 209 g/mol. The molecule has 0 aromatic rings. The Morgan fingerprint density at radius 2 is 2.25 bits per heavy atom. The molecular weight excluding hydrogens is 198 g/mol. The van der Waals surface area contributed by atoms with E-state index in [0.29, 0.717) is 12.3 Å². The summed E-state index contributed by atoms with van der Waals surface area (Å²) in [6, 6.07) is -0.453. The molecule has 0 saturated heterocycles. The van der Waals surface area contributed by atoms with Gasteiger partial charge >= 0.3 is 0 Å². The summed E-state index contributed by atoms with van der Waals surface area (Å²) in [5.41, 5.74) is 0. The minimum Gasteiger partial charge on any atom is -0.212 e. The van der Waals surface area contributed by atoms with E-state index >= 15 is 0 Å². The molecule has 0 fully saturated rings. The van der Waals surface area contributed by atoms with Crippen molar-refractivity contribution in [3.05, 3.63) is 0 Å². The maximum Gasteiger partial charge on any atom is 0.212 e. The lowest BCUT2D eigenvalue weighted by Gasteiger charge is -2.07. The molecule has 1 unspecified atom stereocenters. The van der Waals surface area contributed by atoms with Crippen LogP contribution in [-0.4, -0.2) is 26.1 Å². The fourth-order valence-corrected chi connectivity index (χ4v) is 2.15. The molecule has 3 nitrogen and oxygen atoms in total. The van der Waals surface area contributed by atoms with Gasteiger partial charge in [-0.05, 0) is 13.3 Å². The van der Waals surface area contributed by atoms with Crippen LogP contribution in [-0.2, 0) is 10.0 Å². The minimum absolute atomic E-state index is 0.0303. The average molecular weight is 210 g/mol. The van der Waals surface area contributed by atoms with E-state index in [2.05, 4.69) is 10.6 Å². The normalized spacial score (nSPS) is 13.8. The number of sulfonamides is 1. The highest BCUT2D eigenvalue weighted by molar-refractivity contribution is 7.89. The number of hydrogen-bond donors (Lipinski definition) is 1. The van der Waals surface area contributed by atoms with Crippen LogP contribution in [0.5, 0.6) is 0 Å². The van der Waals surface area contributed by atoms with Crippen molar-refractivity contribution in [3.8, 4) is 12.3 Å². The van der Waals surface area contributed by atoms with Crippen LogP contribution in [0.4, 0.5) is 0 Å². The third-order valence-corrected chi connectivity index (χ3v) is 2.96. The Labute approximate surface area is 78.5 Å². The van der Waals surface area contributed by atoms with Crippen molar-refractivity contribution >= 4 is 21.6 Å². The van der Waals surface area contributed by atoms with Crippen molar-refractivity contribution in [2.24, 2.45) is 0 Å². The summed E-state index contributed by atoms with van der Waals surface area (Å²) < 4.78 is 24.5. The number of alkyl halides is 1. The fourth-order valence-electron chi connectivity index (χ4n) is 0.607. The topological polar surface area (TPSA) is 46.2 Å². The summed E-state index contributed by atoms with van der Waals surface area (Å²) in [6.07, 6.45) is 5.44. The van der Waals surface area contributed by atoms with Gasteiger partial charge in [0, 0.05) is 5.88 Å². The van der Waals surface area contributed by atoms with Gasteiger partial charge in [-0.25, -0.2) is 13.1 Å². The number of terminal acetylenes is 1. The molecule has 0 amide bonds. The summed E-state index contributed by atoms with van der Waals surface area (Å²) >= 11 is 5.35. The van der Waals surface area contributed by atoms with Crippen molar-refractivity contribution in [2.75, 3.05) is 11.6 Å². The maximum absolute atomic E-state index is 11.1. The molecule has 1 atom stereocenters. The van der Waals surface area contributed by atoms with Gasteiger partial charge in [0.2, 0.25) is 10.0 Å². The molecule has 0 spiro atoms. The largest absolute Gasteiger partial charge is 0.212 e. The van der Waals surface area contributed by atoms with E-state index in [1.807, 2.05) is 0 Å². The van der Waals surface area contributed by atoms with Gasteiger partial charge in [-0.3, -0.25) is 0 Å². The first-order chi connectivity index (χ1) is 5.52. The standard InChI is InChI=1S/C7H12ClNO2S/c1-3-7(2)9-12(10,11)6-4-5-8/h1,7,9H,4-6H2,2H3. The van der Waals surface area contributed by atoms with Crippen LogP contribution in [0.2, 0.25) is 0 Å². The molecule has 0 rings (SSSR count). The van der Waals surface area contributed by atoms with Crippen molar-refractivity contribution < 1.29 is 8.42 Å². The zero-order valence-electron chi connectivity index (χ0n) is 6.88. The first-order valence-electron chi connectivity index (χ1n) is 3.54. The minimum atomic E-state index is -3.23. The molecule has 1 N–H and O–H groups in total. The Kier molecular flexibility index (Phi) is 5.31. The third kappa shape index (κ3) is 5.42. The fraction of sp³-hybridized carbons (Fsp3) is 0.714. The summed E-state index contributed by atoms with van der Waals surface area (Å²) in [5.74, 6) is 2.64. The van der Waals surface area contributed by atoms with Crippen molar-refractivity contribution in [1.82, 2.24) is 4.72 Å². The molecule has 70 valence electrons. The lowest BCUT2D eigenvalue weighted by molar-refractivity contribution is 0.576. The molecular formula is C7H12ClNO2S. The molecule has 0 aliphatic heterocycles. The zero-order chi connectivity index (χ0) is 9.61. The smallest absolute Gasteiger partial charge is 0.212 e. The van der Waals surface area contributed by atoms with Gasteiger partial charge in [-0.15, -0.1) is 18.0 Å². The molecule has 0 aromatic heterocycles. The highest BCUT2D eigenvalue weighted by atomic mass is 35.5. The van der Waals surface area contributed by atoms with Gasteiger partial charge in [-0.1, -0.05) is 5.92 Å². The van der Waals surface area contributed by atoms with Crippen LogP contribution < -0.4 is 4.72 Å². The first-order valence-corrected chi connectivity index (χ1v) is 5.72. The Morgan fingerprint density at radius 1 is 1.67 bits per heavy atom. The highest BCUT2D eigenvalue weighted by Crippen LogP contribution is 1.93. The number of hydrogen-bond acceptors (Lipinski definition) is 2. The van der Waals surface area contributed by atoms with Crippen LogP contribution in [0.25, 0.3) is 0 Å². The molecule has 5 heteroatoms. The maximum atomic E-state index is 11.1. The molecule has 0 aromatic carbocycles. The summed E-state index contributed by atoms with van der Waals surface area (Å²) in [7, 11) is -3.23. The lowest BCUT2D eigenvalue weighted by Crippen LogP contribution is -2.33. The van der Waals surface area contributed by atoms with Crippen molar-refractivity contribution in [3.63, 3.8) is 0 Å². The van der Waals surface area contributed by atoms with Crippen LogP contribution in [0.3, 0.4) is 0 Å². The van der Waals surface area contributed by atoms with Gasteiger partial charge < -0.3 is 0 Å². The van der Waals surface area contributed by atoms with E-state index in [0.717, 1.165) is 0 Å². The van der Waals surface area contributed by atoms with Gasteiger partial charge in [0.1, 0.15) is 0 Å². The Morgan fingerprint density at radius 3 is 2.67 bits per heavy atom. The summed E-state index contributed by atoms with van der Waals surface area (Å²) in [6.45, 7) is 1.61. The van der Waals surface area contributed by atoms with Crippen LogP contribution in [0.1, 0.15) is 13.3 Å². The second kappa shape index (κ2) is 5.41. The van der Waals surface area contributed by atoms with E-state index in [1.165, 1.54) is 0 Å². The summed E-state index contributed by atoms with van der Waals surface area (Å²) in [5, 5.41) is 0. The molecule has 0 radical (unpaired) electrons. The molecule has 0 aliphatic rings. The van der Waals surface area contributed by atoms with Crippen LogP contribution >= 0.6 is 11.6 Å². The summed E-state index contributed by atoms with van der Waals surface area (Å²) in [4.78, 5) is 0. The Hall–Kier alpha value is -0.240. The SMILES string of the molecule is C#CC(C)NS(=O)(=O)CCCCl. The predicted octanol–water partition coefficient (Wildman–Crippen LogP) is 0.556. The molecule has 0 heterocycles. The zero-order valence-corrected chi connectivity index (χ0v) is 8.45. The van der Waals surface area contributed by atoms with Crippen molar-refractivity contribution in [2.45, 2.75) is 19.4 Å². The second-order valence-corrected chi connectivity index (χ2v) is 4.62. The van der Waals surface area contributed by atoms with E-state index in [9.17, 15) is 8.42 Å². The first kappa shape index (κ1) is 11.8. The van der Waals surface area contributed by atoms with Crippen LogP contribution in [0.15, 0.2) is 0 Å². The quantitative estimate of drug-likeness (QED) is 0.531. The Bertz CT molecular complexity index is 255.